The number of nitrogens with zero attached hydrogens (tertiary/aromatic N) is 2. The fourth-order valence-corrected chi connectivity index (χ4v) is 3.60. The Morgan fingerprint density at radius 3 is 2.27 bits per heavy atom. The quantitative estimate of drug-likeness (QED) is 0.524. The Hall–Kier alpha value is -0.970. The van der Waals surface area contributed by atoms with Crippen molar-refractivity contribution >= 4 is 22.9 Å². The molecule has 0 saturated heterocycles. The number of nitrogens with one attached hydrogen (secondary N) is 1. The van der Waals surface area contributed by atoms with Crippen molar-refractivity contribution in [1.82, 2.24) is 14.2 Å². The Balaban J connectivity index is 0.00000146. The van der Waals surface area contributed by atoms with Crippen molar-refractivity contribution < 1.29 is 0 Å². The summed E-state index contributed by atoms with van der Waals surface area (Å²) in [6.07, 6.45) is 4.48. The van der Waals surface area contributed by atoms with Gasteiger partial charge in [0.15, 0.2) is 0 Å². The van der Waals surface area contributed by atoms with E-state index in [1.54, 1.807) is 0 Å². The van der Waals surface area contributed by atoms with Crippen LogP contribution in [-0.4, -0.2) is 47.9 Å². The second-order valence-corrected chi connectivity index (χ2v) is 7.11. The van der Waals surface area contributed by atoms with Crippen molar-refractivity contribution in [3.63, 3.8) is 0 Å². The van der Waals surface area contributed by atoms with Crippen LogP contribution in [0.3, 0.4) is 0 Å². The molecule has 1 aromatic heterocycles. The van der Waals surface area contributed by atoms with Gasteiger partial charge in [0.05, 0.1) is 0 Å². The summed E-state index contributed by atoms with van der Waals surface area (Å²) in [6, 6.07) is 6.84. The zero-order chi connectivity index (χ0) is 19.9. The number of fused-ring (bicyclic) bond motifs is 1. The summed E-state index contributed by atoms with van der Waals surface area (Å²) in [4.78, 5) is 5.64. The number of rotatable bonds is 9. The molecule has 150 valence electrons. The Kier molecular flexibility index (Phi) is 14.6. The molecule has 0 unspecified atom stereocenters. The third-order valence-corrected chi connectivity index (χ3v) is 5.17. The lowest BCUT2D eigenvalue weighted by molar-refractivity contribution is 0.414. The van der Waals surface area contributed by atoms with Crippen LogP contribution in [0.1, 0.15) is 59.1 Å². The van der Waals surface area contributed by atoms with Gasteiger partial charge in [0.2, 0.25) is 0 Å². The fourth-order valence-electron chi connectivity index (χ4n) is 2.60. The average Bonchev–Trinajstić information content (AvgIpc) is 3.09. The van der Waals surface area contributed by atoms with E-state index in [2.05, 4.69) is 66.5 Å². The molecule has 0 radical (unpaired) electrons. The minimum Gasteiger partial charge on any atom is -0.361 e. The van der Waals surface area contributed by atoms with Crippen LogP contribution in [0.25, 0.3) is 10.9 Å². The van der Waals surface area contributed by atoms with E-state index in [9.17, 15) is 0 Å². The average molecular weight is 380 g/mol. The van der Waals surface area contributed by atoms with E-state index in [1.807, 2.05) is 39.6 Å². The first-order valence-electron chi connectivity index (χ1n) is 10.3. The molecule has 0 bridgehead atoms. The molecule has 0 spiro atoms. The van der Waals surface area contributed by atoms with Gasteiger partial charge in [-0.2, -0.15) is 0 Å². The van der Waals surface area contributed by atoms with E-state index >= 15 is 0 Å². The summed E-state index contributed by atoms with van der Waals surface area (Å²) < 4.78 is 2.45. The van der Waals surface area contributed by atoms with Crippen LogP contribution in [0.5, 0.6) is 0 Å². The Labute approximate surface area is 166 Å². The van der Waals surface area contributed by atoms with Crippen LogP contribution in [0.4, 0.5) is 0 Å². The van der Waals surface area contributed by atoms with Crippen molar-refractivity contribution in [1.29, 1.82) is 0 Å². The lowest BCUT2D eigenvalue weighted by Gasteiger charge is -2.18. The summed E-state index contributed by atoms with van der Waals surface area (Å²) in [5.74, 6) is 1.06. The van der Waals surface area contributed by atoms with Gasteiger partial charge in [0.1, 0.15) is 0 Å². The predicted octanol–water partition coefficient (Wildman–Crippen LogP) is 6.20. The molecule has 0 atom stereocenters. The zero-order valence-electron chi connectivity index (χ0n) is 18.4. The monoisotopic (exact) mass is 379 g/mol. The van der Waals surface area contributed by atoms with Crippen LogP contribution in [0.15, 0.2) is 24.4 Å². The molecule has 2 rings (SSSR count). The summed E-state index contributed by atoms with van der Waals surface area (Å²) >= 11 is 1.95. The number of H-pyrrole nitrogens is 1. The largest absolute Gasteiger partial charge is 0.361 e. The summed E-state index contributed by atoms with van der Waals surface area (Å²) in [7, 11) is 4.26. The summed E-state index contributed by atoms with van der Waals surface area (Å²) in [6.45, 7) is 15.8. The number of benzene rings is 1. The van der Waals surface area contributed by atoms with E-state index < -0.39 is 0 Å². The molecule has 0 aliphatic rings. The summed E-state index contributed by atoms with van der Waals surface area (Å²) in [5, 5.41) is 1.39. The minimum atomic E-state index is 1.06. The van der Waals surface area contributed by atoms with Crippen molar-refractivity contribution in [2.45, 2.75) is 60.1 Å². The first kappa shape index (κ1) is 25.0. The Morgan fingerprint density at radius 1 is 1.00 bits per heavy atom. The number of hydrogen-bond donors (Lipinski definition) is 1. The zero-order valence-corrected chi connectivity index (χ0v) is 19.2. The minimum absolute atomic E-state index is 1.06. The molecule has 0 amide bonds. The molecule has 3 nitrogen and oxygen atoms in total. The smallest absolute Gasteiger partial charge is 0.0457 e. The second kappa shape index (κ2) is 15.1. The third-order valence-electron chi connectivity index (χ3n) is 3.90. The number of hydrogen-bond acceptors (Lipinski definition) is 3. The van der Waals surface area contributed by atoms with Gasteiger partial charge in [0.25, 0.3) is 0 Å². The van der Waals surface area contributed by atoms with Gasteiger partial charge in [-0.1, -0.05) is 59.6 Å². The molecule has 0 saturated carbocycles. The molecular formula is C22H41N3S. The van der Waals surface area contributed by atoms with E-state index in [1.165, 1.54) is 35.0 Å². The van der Waals surface area contributed by atoms with Gasteiger partial charge >= 0.3 is 0 Å². The lowest BCUT2D eigenvalue weighted by atomic mass is 10.1. The number of aromatic nitrogens is 1. The van der Waals surface area contributed by atoms with Gasteiger partial charge in [-0.15, -0.1) is 0 Å². The van der Waals surface area contributed by atoms with E-state index in [4.69, 9.17) is 0 Å². The highest BCUT2D eigenvalue weighted by atomic mass is 32.2. The standard InChI is InChI=1S/C18H29N3S.2C2H6/c1-5-10-21(6-2)22-14-15-7-8-18-17(12-15)16(13-19-18)9-11-20(3)4;2*1-2/h7-8,12-13,19H,5-6,9-11,14H2,1-4H3;2*1-2H3. The van der Waals surface area contributed by atoms with Crippen molar-refractivity contribution in [2.75, 3.05) is 33.7 Å². The SMILES string of the molecule is CC.CC.CCCN(CC)SCc1ccc2[nH]cc(CCN(C)C)c2c1. The molecule has 1 N–H and O–H groups in total. The second-order valence-electron chi connectivity index (χ2n) is 6.04. The summed E-state index contributed by atoms with van der Waals surface area (Å²) in [5.41, 5.74) is 4.10. The van der Waals surface area contributed by atoms with Gasteiger partial charge in [-0.05, 0) is 50.2 Å². The highest BCUT2D eigenvalue weighted by molar-refractivity contribution is 7.96. The van der Waals surface area contributed by atoms with Crippen LogP contribution >= 0.6 is 11.9 Å². The maximum absolute atomic E-state index is 3.40. The van der Waals surface area contributed by atoms with Crippen LogP contribution in [-0.2, 0) is 12.2 Å². The predicted molar refractivity (Wildman–Crippen MR) is 122 cm³/mol. The Morgan fingerprint density at radius 2 is 1.69 bits per heavy atom. The van der Waals surface area contributed by atoms with Crippen LogP contribution in [0.2, 0.25) is 0 Å². The van der Waals surface area contributed by atoms with Crippen LogP contribution < -0.4 is 0 Å². The van der Waals surface area contributed by atoms with Crippen molar-refractivity contribution in [3.8, 4) is 0 Å². The lowest BCUT2D eigenvalue weighted by Crippen LogP contribution is -2.16. The molecule has 2 aromatic rings. The van der Waals surface area contributed by atoms with Gasteiger partial charge in [0, 0.05) is 42.5 Å². The van der Waals surface area contributed by atoms with E-state index in [-0.39, 0.29) is 0 Å². The van der Waals surface area contributed by atoms with Crippen molar-refractivity contribution in [3.05, 3.63) is 35.5 Å². The third kappa shape index (κ3) is 8.61. The molecule has 4 heteroatoms. The number of likely N-dealkylation sites (N-methyl/N-ethyl adjacent to an activating group) is 1. The van der Waals surface area contributed by atoms with Gasteiger partial charge < -0.3 is 9.88 Å². The molecule has 0 fully saturated rings. The topological polar surface area (TPSA) is 22.3 Å². The number of aromatic amines is 1. The molecular weight excluding hydrogens is 338 g/mol. The maximum Gasteiger partial charge on any atom is 0.0457 e. The highest BCUT2D eigenvalue weighted by Crippen LogP contribution is 2.24. The highest BCUT2D eigenvalue weighted by Gasteiger charge is 2.07. The molecule has 0 aliphatic heterocycles. The maximum atomic E-state index is 3.40. The first-order valence-corrected chi connectivity index (χ1v) is 11.2. The normalized spacial score (nSPS) is 10.5. The molecule has 0 aliphatic carbocycles. The molecule has 1 heterocycles. The van der Waals surface area contributed by atoms with Crippen molar-refractivity contribution in [2.24, 2.45) is 0 Å². The van der Waals surface area contributed by atoms with E-state index in [0.717, 1.165) is 25.3 Å². The Bertz CT molecular complexity index is 578. The first-order chi connectivity index (χ1) is 12.6. The van der Waals surface area contributed by atoms with Crippen LogP contribution in [0, 0.1) is 0 Å². The van der Waals surface area contributed by atoms with E-state index in [0.29, 0.717) is 0 Å². The fraction of sp³-hybridized carbons (Fsp3) is 0.636. The molecule has 1 aromatic carbocycles. The van der Waals surface area contributed by atoms with Gasteiger partial charge in [-0.3, -0.25) is 4.31 Å². The van der Waals surface area contributed by atoms with Gasteiger partial charge in [-0.25, -0.2) is 0 Å². The molecule has 26 heavy (non-hydrogen) atoms.